The summed E-state index contributed by atoms with van der Waals surface area (Å²) in [5.74, 6) is 0.450. The quantitative estimate of drug-likeness (QED) is 0.374. The first-order valence-corrected chi connectivity index (χ1v) is 6.96. The Balaban J connectivity index is 2.69. The van der Waals surface area contributed by atoms with Crippen molar-refractivity contribution >= 4 is 28.3 Å². The molecule has 1 fully saturated rings. The second-order valence-electron chi connectivity index (χ2n) is 4.97. The van der Waals surface area contributed by atoms with Crippen LogP contribution in [0.4, 0.5) is 5.69 Å². The molecular weight excluding hydrogens is 294 g/mol. The van der Waals surface area contributed by atoms with Gasteiger partial charge in [-0.05, 0) is 13.0 Å². The van der Waals surface area contributed by atoms with Gasteiger partial charge in [0, 0.05) is 48.2 Å². The van der Waals surface area contributed by atoms with E-state index in [1.807, 2.05) is 11.8 Å². The number of halogens is 1. The number of nitrogens with zero attached hydrogens (tertiary/aromatic N) is 2. The molecule has 1 aromatic rings. The van der Waals surface area contributed by atoms with Crippen molar-refractivity contribution in [2.45, 2.75) is 13.0 Å². The third-order valence-corrected chi connectivity index (χ3v) is 3.76. The number of nitro benzene ring substituents is 1. The lowest BCUT2D eigenvalue weighted by molar-refractivity contribution is -0.385. The van der Waals surface area contributed by atoms with Gasteiger partial charge in [-0.25, -0.2) is 0 Å². The average molecular weight is 312 g/mol. The Morgan fingerprint density at radius 2 is 2.19 bits per heavy atom. The van der Waals surface area contributed by atoms with Crippen molar-refractivity contribution in [1.82, 2.24) is 10.2 Å². The van der Waals surface area contributed by atoms with Gasteiger partial charge in [0.25, 0.3) is 5.69 Å². The summed E-state index contributed by atoms with van der Waals surface area (Å²) in [6.45, 7) is 4.35. The van der Waals surface area contributed by atoms with Crippen molar-refractivity contribution in [3.8, 4) is 0 Å². The third-order valence-electron chi connectivity index (χ3n) is 3.56. The van der Waals surface area contributed by atoms with E-state index in [0.717, 1.165) is 19.6 Å². The minimum Gasteiger partial charge on any atom is -0.389 e. The number of piperazine rings is 1. The molecular formula is C13H18ClN5O2. The van der Waals surface area contributed by atoms with Gasteiger partial charge in [0.2, 0.25) is 0 Å². The molecule has 0 bridgehead atoms. The van der Waals surface area contributed by atoms with Crippen molar-refractivity contribution in [1.29, 1.82) is 0 Å². The maximum atomic E-state index is 11.0. The minimum absolute atomic E-state index is 0.0441. The van der Waals surface area contributed by atoms with Gasteiger partial charge < -0.3 is 21.7 Å². The molecule has 1 aromatic carbocycles. The summed E-state index contributed by atoms with van der Waals surface area (Å²) in [6.07, 6.45) is 0. The maximum absolute atomic E-state index is 11.0. The minimum atomic E-state index is -0.466. The lowest BCUT2D eigenvalue weighted by Gasteiger charge is -2.35. The summed E-state index contributed by atoms with van der Waals surface area (Å²) in [6, 6.07) is 4.48. The maximum Gasteiger partial charge on any atom is 0.270 e. The average Bonchev–Trinajstić information content (AvgIpc) is 2.46. The van der Waals surface area contributed by atoms with Crippen molar-refractivity contribution in [2.24, 2.45) is 11.5 Å². The van der Waals surface area contributed by atoms with Crippen LogP contribution >= 0.6 is 11.6 Å². The molecule has 0 amide bonds. The van der Waals surface area contributed by atoms with Crippen LogP contribution in [-0.2, 0) is 0 Å². The van der Waals surface area contributed by atoms with Crippen molar-refractivity contribution < 1.29 is 4.92 Å². The largest absolute Gasteiger partial charge is 0.389 e. The molecule has 1 atom stereocenters. The smallest absolute Gasteiger partial charge is 0.270 e. The fraction of sp³-hybridized carbons (Fsp3) is 0.385. The molecule has 5 N–H and O–H groups in total. The number of nitrogens with two attached hydrogens (primary N) is 2. The zero-order valence-electron chi connectivity index (χ0n) is 11.7. The number of hydrogen-bond acceptors (Lipinski definition) is 6. The summed E-state index contributed by atoms with van der Waals surface area (Å²) in [5.41, 5.74) is 11.8. The van der Waals surface area contributed by atoms with Gasteiger partial charge >= 0.3 is 0 Å². The molecule has 0 unspecified atom stereocenters. The first-order valence-electron chi connectivity index (χ1n) is 6.58. The predicted octanol–water partition coefficient (Wildman–Crippen LogP) is -0.824. The molecule has 1 aliphatic heterocycles. The van der Waals surface area contributed by atoms with Crippen molar-refractivity contribution in [2.75, 3.05) is 19.6 Å². The first kappa shape index (κ1) is 15.4. The molecule has 0 spiro atoms. The Bertz CT molecular complexity index is 672. The summed E-state index contributed by atoms with van der Waals surface area (Å²) < 4.78 is 0. The second-order valence-corrected chi connectivity index (χ2v) is 5.37. The second kappa shape index (κ2) is 6.19. The molecule has 2 rings (SSSR count). The van der Waals surface area contributed by atoms with E-state index in [1.165, 1.54) is 18.2 Å². The monoisotopic (exact) mass is 311 g/mol. The van der Waals surface area contributed by atoms with E-state index in [1.54, 1.807) is 0 Å². The number of nitro groups is 1. The highest BCUT2D eigenvalue weighted by Crippen LogP contribution is 2.09. The van der Waals surface area contributed by atoms with Crippen LogP contribution < -0.4 is 27.2 Å². The van der Waals surface area contributed by atoms with Crippen LogP contribution in [0.2, 0.25) is 0 Å². The molecule has 0 aromatic heterocycles. The summed E-state index contributed by atoms with van der Waals surface area (Å²) >= 11 is 5.88. The summed E-state index contributed by atoms with van der Waals surface area (Å²) in [7, 11) is 0. The number of nitrogens with one attached hydrogen (secondary N) is 1. The Labute approximate surface area is 127 Å². The van der Waals surface area contributed by atoms with Gasteiger partial charge in [0.05, 0.1) is 4.92 Å². The molecule has 1 aliphatic rings. The summed E-state index contributed by atoms with van der Waals surface area (Å²) in [5, 5.41) is 15.3. The molecule has 1 saturated heterocycles. The zero-order chi connectivity index (χ0) is 15.6. The van der Waals surface area contributed by atoms with Gasteiger partial charge in [-0.3, -0.25) is 10.1 Å². The Morgan fingerprint density at radius 1 is 1.48 bits per heavy atom. The molecule has 8 heteroatoms. The third kappa shape index (κ3) is 3.20. The Kier molecular flexibility index (Phi) is 4.54. The number of non-ortho nitro benzene ring substituents is 1. The first-order chi connectivity index (χ1) is 9.91. The van der Waals surface area contributed by atoms with E-state index in [2.05, 4.69) is 5.32 Å². The van der Waals surface area contributed by atoms with Crippen LogP contribution in [0.1, 0.15) is 6.92 Å². The molecule has 0 aliphatic carbocycles. The van der Waals surface area contributed by atoms with E-state index in [9.17, 15) is 10.1 Å². The molecule has 0 radical (unpaired) electrons. The van der Waals surface area contributed by atoms with Crippen LogP contribution in [-0.4, -0.2) is 35.5 Å². The SMILES string of the molecule is C[C@@H]1CNCCN1/C(N)=c1\cc([N+](=O)[O-])cc\c1=C(\N)Cl. The van der Waals surface area contributed by atoms with Gasteiger partial charge in [0.1, 0.15) is 11.0 Å². The number of benzene rings is 1. The Morgan fingerprint density at radius 3 is 2.76 bits per heavy atom. The highest BCUT2D eigenvalue weighted by atomic mass is 35.5. The molecule has 114 valence electrons. The van der Waals surface area contributed by atoms with Gasteiger partial charge in [0.15, 0.2) is 0 Å². The van der Waals surface area contributed by atoms with Gasteiger partial charge in [-0.1, -0.05) is 11.6 Å². The highest BCUT2D eigenvalue weighted by molar-refractivity contribution is 6.44. The predicted molar refractivity (Wildman–Crippen MR) is 82.4 cm³/mol. The lowest BCUT2D eigenvalue weighted by Crippen LogP contribution is -2.52. The molecule has 1 heterocycles. The van der Waals surface area contributed by atoms with Crippen molar-refractivity contribution in [3.05, 3.63) is 38.8 Å². The molecule has 7 nitrogen and oxygen atoms in total. The number of rotatable bonds is 2. The fourth-order valence-electron chi connectivity index (χ4n) is 2.42. The van der Waals surface area contributed by atoms with E-state index >= 15 is 0 Å². The number of hydrogen-bond donors (Lipinski definition) is 3. The standard InChI is InChI=1S/C13H18ClN5O2/c1-8-7-17-4-5-18(8)13(16)11-6-9(19(20)21)2-3-10(11)12(14)15/h2-3,6,8,17H,4-5,7,15-16H2,1H3/b12-10-,13-11+/t8-/m1/s1. The van der Waals surface area contributed by atoms with Gasteiger partial charge in [-0.2, -0.15) is 0 Å². The van der Waals surface area contributed by atoms with Crippen LogP contribution in [0.5, 0.6) is 0 Å². The highest BCUT2D eigenvalue weighted by Gasteiger charge is 2.20. The lowest BCUT2D eigenvalue weighted by atomic mass is 10.1. The fourth-order valence-corrected chi connectivity index (χ4v) is 2.58. The van der Waals surface area contributed by atoms with Crippen LogP contribution in [0.3, 0.4) is 0 Å². The van der Waals surface area contributed by atoms with Gasteiger partial charge in [-0.15, -0.1) is 0 Å². The van der Waals surface area contributed by atoms with E-state index < -0.39 is 4.92 Å². The molecule has 21 heavy (non-hydrogen) atoms. The zero-order valence-corrected chi connectivity index (χ0v) is 12.4. The van der Waals surface area contributed by atoms with Crippen LogP contribution in [0, 0.1) is 10.1 Å². The summed E-state index contributed by atoms with van der Waals surface area (Å²) in [4.78, 5) is 12.5. The van der Waals surface area contributed by atoms with Crippen LogP contribution in [0.25, 0.3) is 11.0 Å². The normalized spacial score (nSPS) is 21.8. The van der Waals surface area contributed by atoms with E-state index in [-0.39, 0.29) is 16.9 Å². The topological polar surface area (TPSA) is 110 Å². The van der Waals surface area contributed by atoms with Crippen molar-refractivity contribution in [3.63, 3.8) is 0 Å². The molecule has 0 saturated carbocycles. The van der Waals surface area contributed by atoms with E-state index in [4.69, 9.17) is 23.1 Å². The van der Waals surface area contributed by atoms with E-state index in [0.29, 0.717) is 16.3 Å². The Hall–Kier alpha value is -1.99. The van der Waals surface area contributed by atoms with Crippen LogP contribution in [0.15, 0.2) is 18.2 Å².